The van der Waals surface area contributed by atoms with Crippen LogP contribution in [0.25, 0.3) is 0 Å². The Morgan fingerprint density at radius 1 is 0.880 bits per heavy atom. The Labute approximate surface area is 153 Å². The van der Waals surface area contributed by atoms with E-state index in [4.69, 9.17) is 4.42 Å². The molecule has 1 aromatic heterocycles. The molecule has 0 radical (unpaired) electrons. The molecule has 25 heavy (non-hydrogen) atoms. The van der Waals surface area contributed by atoms with Crippen LogP contribution in [0.1, 0.15) is 55.2 Å². The Balaban J connectivity index is 1.55. The van der Waals surface area contributed by atoms with E-state index < -0.39 is 0 Å². The molecule has 1 heterocycles. The van der Waals surface area contributed by atoms with Gasteiger partial charge in [0.1, 0.15) is 0 Å². The van der Waals surface area contributed by atoms with E-state index in [2.05, 4.69) is 79.5 Å². The predicted octanol–water partition coefficient (Wildman–Crippen LogP) is 5.83. The van der Waals surface area contributed by atoms with Gasteiger partial charge >= 0.3 is 0 Å². The largest absolute Gasteiger partial charge is 0.416 e. The Bertz CT molecular complexity index is 781. The minimum absolute atomic E-state index is 0.364. The van der Waals surface area contributed by atoms with E-state index in [9.17, 15) is 0 Å². The van der Waals surface area contributed by atoms with E-state index in [1.807, 2.05) is 6.07 Å². The summed E-state index contributed by atoms with van der Waals surface area (Å²) in [5, 5.41) is 9.01. The second kappa shape index (κ2) is 8.34. The van der Waals surface area contributed by atoms with Crippen molar-refractivity contribution in [1.82, 2.24) is 10.2 Å². The van der Waals surface area contributed by atoms with Crippen LogP contribution in [0.3, 0.4) is 0 Å². The highest BCUT2D eigenvalue weighted by molar-refractivity contribution is 7.98. The van der Waals surface area contributed by atoms with Gasteiger partial charge in [0.15, 0.2) is 0 Å². The van der Waals surface area contributed by atoms with Gasteiger partial charge in [-0.3, -0.25) is 0 Å². The number of rotatable bonds is 7. The molecule has 0 fully saturated rings. The molecule has 0 spiro atoms. The maximum atomic E-state index is 5.80. The van der Waals surface area contributed by atoms with Crippen molar-refractivity contribution in [2.45, 2.75) is 50.0 Å². The number of hydrogen-bond donors (Lipinski definition) is 0. The summed E-state index contributed by atoms with van der Waals surface area (Å²) in [6, 6.07) is 19.2. The first-order valence-corrected chi connectivity index (χ1v) is 9.69. The first-order chi connectivity index (χ1) is 12.1. The van der Waals surface area contributed by atoms with Crippen molar-refractivity contribution in [1.29, 1.82) is 0 Å². The van der Waals surface area contributed by atoms with Crippen molar-refractivity contribution in [3.63, 3.8) is 0 Å². The topological polar surface area (TPSA) is 38.9 Å². The van der Waals surface area contributed by atoms with Gasteiger partial charge in [0.2, 0.25) is 5.89 Å². The molecule has 2 aromatic carbocycles. The molecule has 3 rings (SSSR count). The van der Waals surface area contributed by atoms with Crippen LogP contribution in [-0.2, 0) is 12.2 Å². The highest BCUT2D eigenvalue weighted by Gasteiger charge is 2.12. The molecule has 0 aliphatic heterocycles. The van der Waals surface area contributed by atoms with Gasteiger partial charge in [-0.05, 0) is 28.5 Å². The van der Waals surface area contributed by atoms with Gasteiger partial charge in [-0.15, -0.1) is 10.2 Å². The molecule has 0 N–H and O–H groups in total. The van der Waals surface area contributed by atoms with E-state index in [0.717, 1.165) is 12.2 Å². The fourth-order valence-corrected chi connectivity index (χ4v) is 3.42. The lowest BCUT2D eigenvalue weighted by atomic mass is 9.98. The second-order valence-corrected chi connectivity index (χ2v) is 7.59. The molecular formula is C21H24N2OS. The standard InChI is InChI=1S/C21H24N2OS/c1-15(2)18-11-9-17(10-12-18)14-25-21-23-22-20(24-21)13-16(3)19-7-5-4-6-8-19/h4-12,15-16H,13-14H2,1-3H3. The Hall–Kier alpha value is -2.07. The van der Waals surface area contributed by atoms with E-state index in [1.165, 1.54) is 16.7 Å². The predicted molar refractivity (Wildman–Crippen MR) is 103 cm³/mol. The summed E-state index contributed by atoms with van der Waals surface area (Å²) in [5.41, 5.74) is 3.93. The lowest BCUT2D eigenvalue weighted by molar-refractivity contribution is 0.404. The summed E-state index contributed by atoms with van der Waals surface area (Å²) in [6.07, 6.45) is 0.765. The fourth-order valence-electron chi connectivity index (χ4n) is 2.68. The summed E-state index contributed by atoms with van der Waals surface area (Å²) in [4.78, 5) is 0. The van der Waals surface area contributed by atoms with Gasteiger partial charge in [0.05, 0.1) is 0 Å². The zero-order chi connectivity index (χ0) is 17.6. The van der Waals surface area contributed by atoms with Crippen molar-refractivity contribution >= 4 is 11.8 Å². The second-order valence-electron chi connectivity index (χ2n) is 6.66. The highest BCUT2D eigenvalue weighted by Crippen LogP contribution is 2.25. The molecule has 130 valence electrons. The van der Waals surface area contributed by atoms with E-state index in [1.54, 1.807) is 11.8 Å². The summed E-state index contributed by atoms with van der Waals surface area (Å²) < 4.78 is 5.80. The van der Waals surface area contributed by atoms with Gasteiger partial charge in [0.25, 0.3) is 5.22 Å². The van der Waals surface area contributed by atoms with Gasteiger partial charge in [0, 0.05) is 12.2 Å². The Morgan fingerprint density at radius 3 is 2.28 bits per heavy atom. The van der Waals surface area contributed by atoms with Gasteiger partial charge in [-0.1, -0.05) is 87.1 Å². The summed E-state index contributed by atoms with van der Waals surface area (Å²) in [7, 11) is 0. The van der Waals surface area contributed by atoms with Crippen molar-refractivity contribution in [3.8, 4) is 0 Å². The highest BCUT2D eigenvalue weighted by atomic mass is 32.2. The van der Waals surface area contributed by atoms with Crippen LogP contribution in [0, 0.1) is 0 Å². The summed E-state index contributed by atoms with van der Waals surface area (Å²) >= 11 is 1.59. The molecule has 0 saturated carbocycles. The van der Waals surface area contributed by atoms with Crippen LogP contribution < -0.4 is 0 Å². The molecule has 3 aromatic rings. The number of thioether (sulfide) groups is 1. The van der Waals surface area contributed by atoms with Gasteiger partial charge in [-0.2, -0.15) is 0 Å². The van der Waals surface area contributed by atoms with Crippen LogP contribution in [0.2, 0.25) is 0 Å². The lowest BCUT2D eigenvalue weighted by Crippen LogP contribution is -1.98. The average Bonchev–Trinajstić information content (AvgIpc) is 3.08. The molecule has 3 nitrogen and oxygen atoms in total. The van der Waals surface area contributed by atoms with Gasteiger partial charge in [-0.25, -0.2) is 0 Å². The smallest absolute Gasteiger partial charge is 0.276 e. The average molecular weight is 353 g/mol. The van der Waals surface area contributed by atoms with Crippen molar-refractivity contribution in [2.75, 3.05) is 0 Å². The van der Waals surface area contributed by atoms with Crippen LogP contribution in [0.4, 0.5) is 0 Å². The molecule has 1 unspecified atom stereocenters. The van der Waals surface area contributed by atoms with Crippen molar-refractivity contribution < 1.29 is 4.42 Å². The summed E-state index contributed by atoms with van der Waals surface area (Å²) in [5.74, 6) is 2.47. The SMILES string of the molecule is CC(C)c1ccc(CSc2nnc(CC(C)c3ccccc3)o2)cc1. The van der Waals surface area contributed by atoms with Crippen molar-refractivity contribution in [2.24, 2.45) is 0 Å². The Morgan fingerprint density at radius 2 is 1.60 bits per heavy atom. The third kappa shape index (κ3) is 4.95. The molecule has 0 amide bonds. The van der Waals surface area contributed by atoms with E-state index >= 15 is 0 Å². The first-order valence-electron chi connectivity index (χ1n) is 8.71. The number of benzene rings is 2. The van der Waals surface area contributed by atoms with E-state index in [-0.39, 0.29) is 0 Å². The molecule has 0 aliphatic carbocycles. The number of aromatic nitrogens is 2. The minimum Gasteiger partial charge on any atom is -0.416 e. The molecule has 4 heteroatoms. The molecule has 1 atom stereocenters. The number of nitrogens with zero attached hydrogens (tertiary/aromatic N) is 2. The monoisotopic (exact) mass is 352 g/mol. The molecule has 0 saturated heterocycles. The minimum atomic E-state index is 0.364. The summed E-state index contributed by atoms with van der Waals surface area (Å²) in [6.45, 7) is 6.60. The zero-order valence-corrected chi connectivity index (χ0v) is 15.8. The maximum Gasteiger partial charge on any atom is 0.276 e. The number of hydrogen-bond acceptors (Lipinski definition) is 4. The van der Waals surface area contributed by atoms with Gasteiger partial charge < -0.3 is 4.42 Å². The Kier molecular flexibility index (Phi) is 5.92. The van der Waals surface area contributed by atoms with Crippen LogP contribution >= 0.6 is 11.8 Å². The molecule has 0 bridgehead atoms. The van der Waals surface area contributed by atoms with E-state index in [0.29, 0.717) is 22.9 Å². The van der Waals surface area contributed by atoms with Crippen LogP contribution in [0.5, 0.6) is 0 Å². The third-order valence-electron chi connectivity index (χ3n) is 4.31. The van der Waals surface area contributed by atoms with Crippen LogP contribution in [0.15, 0.2) is 64.2 Å². The molecular weight excluding hydrogens is 328 g/mol. The lowest BCUT2D eigenvalue weighted by Gasteiger charge is -2.08. The molecule has 0 aliphatic rings. The van der Waals surface area contributed by atoms with Crippen molar-refractivity contribution in [3.05, 3.63) is 77.2 Å². The fraction of sp³-hybridized carbons (Fsp3) is 0.333. The van der Waals surface area contributed by atoms with Crippen LogP contribution in [-0.4, -0.2) is 10.2 Å². The third-order valence-corrected chi connectivity index (χ3v) is 5.20. The zero-order valence-electron chi connectivity index (χ0n) is 15.0. The normalized spacial score (nSPS) is 12.5. The maximum absolute atomic E-state index is 5.80. The first kappa shape index (κ1) is 17.7. The quantitative estimate of drug-likeness (QED) is 0.501.